The highest BCUT2D eigenvalue weighted by atomic mass is 32.2. The molecule has 0 aromatic carbocycles. The SMILES string of the molecule is CC(=O)O[C@@H]1[C@@H](OC(C)=O)[C@@H](Oc2cnccc2-c2ccncc2)SC[C@H]1OC(C)=O. The van der Waals surface area contributed by atoms with Crippen molar-refractivity contribution >= 4 is 29.7 Å². The van der Waals surface area contributed by atoms with Crippen LogP contribution in [0.15, 0.2) is 43.0 Å². The van der Waals surface area contributed by atoms with Gasteiger partial charge in [-0.2, -0.15) is 0 Å². The second kappa shape index (κ2) is 10.3. The quantitative estimate of drug-likeness (QED) is 0.484. The predicted octanol–water partition coefficient (Wildman–Crippen LogP) is 2.39. The lowest BCUT2D eigenvalue weighted by Gasteiger charge is -2.40. The molecule has 10 heteroatoms. The molecule has 1 aliphatic heterocycles. The number of pyridine rings is 2. The minimum absolute atomic E-state index is 0.283. The molecule has 0 N–H and O–H groups in total. The number of carbonyl (C=O) groups is 3. The Morgan fingerprint density at radius 3 is 2.13 bits per heavy atom. The second-order valence-electron chi connectivity index (χ2n) is 6.72. The summed E-state index contributed by atoms with van der Waals surface area (Å²) in [6, 6.07) is 5.46. The highest BCUT2D eigenvalue weighted by molar-refractivity contribution is 7.99. The molecule has 31 heavy (non-hydrogen) atoms. The molecule has 4 atom stereocenters. The monoisotopic (exact) mass is 446 g/mol. The van der Waals surface area contributed by atoms with Crippen molar-refractivity contribution in [3.8, 4) is 16.9 Å². The number of aromatic nitrogens is 2. The fraction of sp³-hybridized carbons (Fsp3) is 0.381. The highest BCUT2D eigenvalue weighted by Crippen LogP contribution is 2.37. The Morgan fingerprint density at radius 2 is 1.48 bits per heavy atom. The van der Waals surface area contributed by atoms with Gasteiger partial charge >= 0.3 is 17.9 Å². The number of thioether (sulfide) groups is 1. The smallest absolute Gasteiger partial charge is 0.303 e. The lowest BCUT2D eigenvalue weighted by atomic mass is 10.1. The maximum atomic E-state index is 11.8. The maximum Gasteiger partial charge on any atom is 0.303 e. The molecule has 3 heterocycles. The molecule has 9 nitrogen and oxygen atoms in total. The molecule has 3 rings (SSSR count). The highest BCUT2D eigenvalue weighted by Gasteiger charge is 2.47. The third-order valence-corrected chi connectivity index (χ3v) is 5.54. The summed E-state index contributed by atoms with van der Waals surface area (Å²) < 4.78 is 22.3. The molecule has 0 spiro atoms. The zero-order chi connectivity index (χ0) is 22.4. The average Bonchev–Trinajstić information content (AvgIpc) is 2.72. The van der Waals surface area contributed by atoms with E-state index in [0.717, 1.165) is 11.1 Å². The Hall–Kier alpha value is -3.14. The van der Waals surface area contributed by atoms with E-state index in [-0.39, 0.29) is 5.75 Å². The summed E-state index contributed by atoms with van der Waals surface area (Å²) in [4.78, 5) is 43.2. The lowest BCUT2D eigenvalue weighted by molar-refractivity contribution is -0.186. The van der Waals surface area contributed by atoms with E-state index in [9.17, 15) is 14.4 Å². The van der Waals surface area contributed by atoms with Crippen LogP contribution in [0, 0.1) is 0 Å². The molecule has 0 saturated carbocycles. The number of carbonyl (C=O) groups excluding carboxylic acids is 3. The summed E-state index contributed by atoms with van der Waals surface area (Å²) in [5.41, 5.74) is 0.905. The van der Waals surface area contributed by atoms with Gasteiger partial charge in [0.1, 0.15) is 5.75 Å². The summed E-state index contributed by atoms with van der Waals surface area (Å²) in [7, 11) is 0. The molecule has 0 aliphatic carbocycles. The van der Waals surface area contributed by atoms with Gasteiger partial charge in [-0.1, -0.05) is 0 Å². The van der Waals surface area contributed by atoms with E-state index in [2.05, 4.69) is 9.97 Å². The first-order valence-electron chi connectivity index (χ1n) is 9.49. The molecule has 1 saturated heterocycles. The maximum absolute atomic E-state index is 11.8. The molecule has 2 aromatic rings. The standard InChI is InChI=1S/C21H22N2O7S/c1-12(24)27-18-11-31-21(20(29-14(3)26)19(18)28-13(2)25)30-17-10-23-9-6-16(17)15-4-7-22-8-5-15/h4-10,18-21H,11H2,1-3H3/t18-,19+,20-,21+/m1/s1. The van der Waals surface area contributed by atoms with Crippen LogP contribution in [0.4, 0.5) is 0 Å². The summed E-state index contributed by atoms with van der Waals surface area (Å²) in [5, 5.41) is 0. The van der Waals surface area contributed by atoms with Gasteiger partial charge in [0.15, 0.2) is 23.7 Å². The molecule has 164 valence electrons. The second-order valence-corrected chi connectivity index (χ2v) is 7.85. The average molecular weight is 446 g/mol. The molecule has 0 amide bonds. The summed E-state index contributed by atoms with van der Waals surface area (Å²) in [5.74, 6) is -0.971. The van der Waals surface area contributed by atoms with Gasteiger partial charge in [-0.05, 0) is 23.8 Å². The van der Waals surface area contributed by atoms with Crippen molar-refractivity contribution in [3.63, 3.8) is 0 Å². The number of hydrogen-bond donors (Lipinski definition) is 0. The van der Waals surface area contributed by atoms with E-state index in [1.165, 1.54) is 32.5 Å². The molecule has 0 bridgehead atoms. The van der Waals surface area contributed by atoms with Gasteiger partial charge in [0.2, 0.25) is 0 Å². The zero-order valence-corrected chi connectivity index (χ0v) is 18.0. The van der Waals surface area contributed by atoms with Gasteiger partial charge in [0.25, 0.3) is 0 Å². The Kier molecular flexibility index (Phi) is 7.45. The van der Waals surface area contributed by atoms with Crippen LogP contribution in [0.3, 0.4) is 0 Å². The van der Waals surface area contributed by atoms with Crippen LogP contribution < -0.4 is 4.74 Å². The molecule has 2 aromatic heterocycles. The van der Waals surface area contributed by atoms with Crippen LogP contribution in [0.5, 0.6) is 5.75 Å². The van der Waals surface area contributed by atoms with Gasteiger partial charge in [0.05, 0.1) is 6.20 Å². The number of ether oxygens (including phenoxy) is 4. The van der Waals surface area contributed by atoms with E-state index < -0.39 is 41.7 Å². The van der Waals surface area contributed by atoms with Crippen molar-refractivity contribution < 1.29 is 33.3 Å². The van der Waals surface area contributed by atoms with Crippen LogP contribution >= 0.6 is 11.8 Å². The van der Waals surface area contributed by atoms with Crippen molar-refractivity contribution in [2.24, 2.45) is 0 Å². The molecule has 0 unspecified atom stereocenters. The topological polar surface area (TPSA) is 114 Å². The summed E-state index contributed by atoms with van der Waals surface area (Å²) in [6.07, 6.45) is 3.71. The third kappa shape index (κ3) is 5.94. The minimum Gasteiger partial charge on any atom is -0.473 e. The van der Waals surface area contributed by atoms with Gasteiger partial charge in [0, 0.05) is 50.7 Å². The number of hydrogen-bond acceptors (Lipinski definition) is 10. The van der Waals surface area contributed by atoms with E-state index in [4.69, 9.17) is 18.9 Å². The number of esters is 3. The van der Waals surface area contributed by atoms with Crippen LogP contribution in [0.2, 0.25) is 0 Å². The summed E-state index contributed by atoms with van der Waals surface area (Å²) >= 11 is 1.28. The largest absolute Gasteiger partial charge is 0.473 e. The normalized spacial score (nSPS) is 22.8. The first-order valence-corrected chi connectivity index (χ1v) is 10.5. The molecular formula is C21H22N2O7S. The van der Waals surface area contributed by atoms with Crippen molar-refractivity contribution in [2.45, 2.75) is 44.5 Å². The van der Waals surface area contributed by atoms with Gasteiger partial charge in [-0.15, -0.1) is 11.8 Å². The van der Waals surface area contributed by atoms with Crippen molar-refractivity contribution in [2.75, 3.05) is 5.75 Å². The van der Waals surface area contributed by atoms with Crippen molar-refractivity contribution in [1.82, 2.24) is 9.97 Å². The Morgan fingerprint density at radius 1 is 0.871 bits per heavy atom. The Labute approximate surface area is 183 Å². The van der Waals surface area contributed by atoms with Crippen LogP contribution in [0.1, 0.15) is 20.8 Å². The fourth-order valence-electron chi connectivity index (χ4n) is 3.18. The lowest BCUT2D eigenvalue weighted by Crippen LogP contribution is -2.55. The minimum atomic E-state index is -1.02. The van der Waals surface area contributed by atoms with E-state index in [0.29, 0.717) is 5.75 Å². The van der Waals surface area contributed by atoms with E-state index in [1.807, 2.05) is 12.1 Å². The first-order chi connectivity index (χ1) is 14.8. The third-order valence-electron chi connectivity index (χ3n) is 4.32. The van der Waals surface area contributed by atoms with Gasteiger partial charge in [-0.3, -0.25) is 24.4 Å². The zero-order valence-electron chi connectivity index (χ0n) is 17.2. The van der Waals surface area contributed by atoms with Crippen molar-refractivity contribution in [3.05, 3.63) is 43.0 Å². The Balaban J connectivity index is 1.92. The molecule has 1 aliphatic rings. The van der Waals surface area contributed by atoms with Gasteiger partial charge < -0.3 is 18.9 Å². The molecule has 1 fully saturated rings. The molecule has 0 radical (unpaired) electrons. The van der Waals surface area contributed by atoms with Crippen LogP contribution in [0.25, 0.3) is 11.1 Å². The number of nitrogens with zero attached hydrogens (tertiary/aromatic N) is 2. The van der Waals surface area contributed by atoms with E-state index >= 15 is 0 Å². The predicted molar refractivity (Wildman–Crippen MR) is 111 cm³/mol. The summed E-state index contributed by atoms with van der Waals surface area (Å²) in [6.45, 7) is 3.74. The molecular weight excluding hydrogens is 424 g/mol. The van der Waals surface area contributed by atoms with Crippen LogP contribution in [-0.4, -0.2) is 57.4 Å². The first kappa shape index (κ1) is 22.5. The van der Waals surface area contributed by atoms with E-state index in [1.54, 1.807) is 30.9 Å². The Bertz CT molecular complexity index is 940. The van der Waals surface area contributed by atoms with Crippen LogP contribution in [-0.2, 0) is 28.6 Å². The van der Waals surface area contributed by atoms with Crippen molar-refractivity contribution in [1.29, 1.82) is 0 Å². The number of rotatable bonds is 6. The fourth-order valence-corrected chi connectivity index (χ4v) is 4.39. The van der Waals surface area contributed by atoms with Gasteiger partial charge in [-0.25, -0.2) is 0 Å².